The summed E-state index contributed by atoms with van der Waals surface area (Å²) in [5, 5.41) is 0. The lowest BCUT2D eigenvalue weighted by atomic mass is 10.0. The van der Waals surface area contributed by atoms with E-state index in [4.69, 9.17) is 0 Å². The van der Waals surface area contributed by atoms with Crippen molar-refractivity contribution >= 4 is 17.5 Å². The predicted octanol–water partition coefficient (Wildman–Crippen LogP) is 4.45. The van der Waals surface area contributed by atoms with Gasteiger partial charge in [-0.05, 0) is 23.7 Å². The molecule has 0 aromatic heterocycles. The number of carbonyl (C=O) groups is 1. The molecule has 5 heteroatoms. The number of alkyl halides is 3. The van der Waals surface area contributed by atoms with Gasteiger partial charge in [0.15, 0.2) is 5.78 Å². The fourth-order valence-electron chi connectivity index (χ4n) is 1.51. The van der Waals surface area contributed by atoms with Gasteiger partial charge in [-0.3, -0.25) is 4.79 Å². The van der Waals surface area contributed by atoms with E-state index in [2.05, 4.69) is 0 Å². The average molecular weight is 262 g/mol. The Labute approximate surface area is 102 Å². The maximum atomic E-state index is 12.5. The summed E-state index contributed by atoms with van der Waals surface area (Å²) < 4.78 is 37.4. The van der Waals surface area contributed by atoms with Crippen molar-refractivity contribution in [1.29, 1.82) is 0 Å². The first-order chi connectivity index (χ1) is 7.89. The van der Waals surface area contributed by atoms with E-state index in [1.54, 1.807) is 26.0 Å². The second kappa shape index (κ2) is 5.58. The molecule has 0 saturated heterocycles. The summed E-state index contributed by atoms with van der Waals surface area (Å²) >= 11 is -0.199. The van der Waals surface area contributed by atoms with Gasteiger partial charge in [-0.25, -0.2) is 0 Å². The highest BCUT2D eigenvalue weighted by atomic mass is 32.2. The number of halogens is 3. The van der Waals surface area contributed by atoms with Crippen LogP contribution < -0.4 is 0 Å². The topological polar surface area (TPSA) is 17.1 Å². The third-order valence-corrected chi connectivity index (χ3v) is 3.23. The number of ketones is 1. The minimum absolute atomic E-state index is 0.0503. The molecule has 0 fully saturated rings. The predicted molar refractivity (Wildman–Crippen MR) is 62.4 cm³/mol. The Balaban J connectivity index is 3.25. The molecular formula is C12H13F3OS. The Morgan fingerprint density at radius 2 is 1.94 bits per heavy atom. The van der Waals surface area contributed by atoms with Crippen LogP contribution >= 0.6 is 11.8 Å². The van der Waals surface area contributed by atoms with Gasteiger partial charge >= 0.3 is 5.51 Å². The number of hydrogen-bond acceptors (Lipinski definition) is 2. The number of hydrogen-bond donors (Lipinski definition) is 0. The Hall–Kier alpha value is -0.970. The smallest absolute Gasteiger partial charge is 0.294 e. The minimum atomic E-state index is -4.37. The normalized spacial score (nSPS) is 11.6. The maximum absolute atomic E-state index is 12.5. The van der Waals surface area contributed by atoms with Crippen molar-refractivity contribution < 1.29 is 18.0 Å². The van der Waals surface area contributed by atoms with E-state index in [-0.39, 0.29) is 34.4 Å². The molecule has 0 spiro atoms. The van der Waals surface area contributed by atoms with Crippen molar-refractivity contribution in [1.82, 2.24) is 0 Å². The number of benzene rings is 1. The summed E-state index contributed by atoms with van der Waals surface area (Å²) in [5.41, 5.74) is -3.63. The fourth-order valence-corrected chi connectivity index (χ4v) is 2.38. The molecule has 1 nitrogen and oxygen atoms in total. The summed E-state index contributed by atoms with van der Waals surface area (Å²) in [4.78, 5) is 11.7. The summed E-state index contributed by atoms with van der Waals surface area (Å²) in [6.07, 6.45) is 0.682. The number of rotatable bonds is 4. The first-order valence-electron chi connectivity index (χ1n) is 5.29. The maximum Gasteiger partial charge on any atom is 0.446 e. The molecule has 0 amide bonds. The third kappa shape index (κ3) is 3.77. The quantitative estimate of drug-likeness (QED) is 0.589. The molecular weight excluding hydrogens is 249 g/mol. The molecule has 1 aromatic carbocycles. The van der Waals surface area contributed by atoms with Gasteiger partial charge in [0.25, 0.3) is 0 Å². The minimum Gasteiger partial charge on any atom is -0.294 e. The molecule has 0 radical (unpaired) electrons. The molecule has 0 aliphatic heterocycles. The van der Waals surface area contributed by atoms with Gasteiger partial charge in [0, 0.05) is 16.9 Å². The molecule has 0 unspecified atom stereocenters. The van der Waals surface area contributed by atoms with Crippen molar-refractivity contribution in [2.24, 2.45) is 0 Å². The molecule has 0 aliphatic rings. The summed E-state index contributed by atoms with van der Waals surface area (Å²) in [6, 6.07) is 4.71. The van der Waals surface area contributed by atoms with Crippen molar-refractivity contribution in [3.05, 3.63) is 29.3 Å². The van der Waals surface area contributed by atoms with Crippen LogP contribution in [0.3, 0.4) is 0 Å². The zero-order valence-electron chi connectivity index (χ0n) is 9.60. The molecule has 17 heavy (non-hydrogen) atoms. The molecule has 0 bridgehead atoms. The monoisotopic (exact) mass is 262 g/mol. The average Bonchev–Trinajstić information content (AvgIpc) is 2.26. The van der Waals surface area contributed by atoms with Crippen molar-refractivity contribution in [2.45, 2.75) is 37.1 Å². The van der Waals surface area contributed by atoms with Crippen LogP contribution in [-0.4, -0.2) is 11.3 Å². The van der Waals surface area contributed by atoms with E-state index >= 15 is 0 Å². The Kier molecular flexibility index (Phi) is 4.62. The lowest BCUT2D eigenvalue weighted by Gasteiger charge is -2.13. The van der Waals surface area contributed by atoms with Crippen LogP contribution in [0.15, 0.2) is 23.1 Å². The van der Waals surface area contributed by atoms with Crippen molar-refractivity contribution in [3.8, 4) is 0 Å². The molecule has 1 aromatic rings. The van der Waals surface area contributed by atoms with Crippen LogP contribution in [0.25, 0.3) is 0 Å². The molecule has 0 saturated carbocycles. The van der Waals surface area contributed by atoms with Crippen LogP contribution in [0.5, 0.6) is 0 Å². The van der Waals surface area contributed by atoms with Gasteiger partial charge in [-0.1, -0.05) is 32.0 Å². The number of thioether (sulfide) groups is 1. The SMILES string of the molecule is CCC(=O)c1cccc(CC)c1SC(F)(F)F. The van der Waals surface area contributed by atoms with E-state index in [0.29, 0.717) is 12.0 Å². The largest absolute Gasteiger partial charge is 0.446 e. The van der Waals surface area contributed by atoms with Crippen LogP contribution in [0.2, 0.25) is 0 Å². The third-order valence-electron chi connectivity index (χ3n) is 2.32. The standard InChI is InChI=1S/C12H13F3OS/c1-3-8-6-5-7-9(10(16)4-2)11(8)17-12(13,14)15/h5-7H,3-4H2,1-2H3. The van der Waals surface area contributed by atoms with Gasteiger partial charge in [0.2, 0.25) is 0 Å². The van der Waals surface area contributed by atoms with Gasteiger partial charge in [0.1, 0.15) is 0 Å². The molecule has 1 rings (SSSR count). The summed E-state index contributed by atoms with van der Waals surface area (Å²) in [5.74, 6) is -0.257. The van der Waals surface area contributed by atoms with E-state index in [1.165, 1.54) is 6.07 Å². The summed E-state index contributed by atoms with van der Waals surface area (Å²) in [7, 11) is 0. The van der Waals surface area contributed by atoms with Crippen molar-refractivity contribution in [3.63, 3.8) is 0 Å². The van der Waals surface area contributed by atoms with Crippen LogP contribution in [0, 0.1) is 0 Å². The number of aryl methyl sites for hydroxylation is 1. The second-order valence-electron chi connectivity index (χ2n) is 3.47. The highest BCUT2D eigenvalue weighted by molar-refractivity contribution is 8.00. The van der Waals surface area contributed by atoms with Gasteiger partial charge in [-0.15, -0.1) is 0 Å². The zero-order valence-corrected chi connectivity index (χ0v) is 10.4. The van der Waals surface area contributed by atoms with Crippen molar-refractivity contribution in [2.75, 3.05) is 0 Å². The molecule has 0 heterocycles. The van der Waals surface area contributed by atoms with Gasteiger partial charge in [0.05, 0.1) is 0 Å². The zero-order chi connectivity index (χ0) is 13.1. The Morgan fingerprint density at radius 1 is 1.29 bits per heavy atom. The second-order valence-corrected chi connectivity index (χ2v) is 4.55. The Bertz CT molecular complexity index is 413. The molecule has 0 atom stereocenters. The van der Waals surface area contributed by atoms with E-state index in [1.807, 2.05) is 0 Å². The van der Waals surface area contributed by atoms with Crippen LogP contribution in [0.4, 0.5) is 13.2 Å². The molecule has 0 N–H and O–H groups in total. The van der Waals surface area contributed by atoms with Crippen LogP contribution in [0.1, 0.15) is 36.2 Å². The van der Waals surface area contributed by atoms with E-state index < -0.39 is 5.51 Å². The first kappa shape index (κ1) is 14.1. The van der Waals surface area contributed by atoms with E-state index in [9.17, 15) is 18.0 Å². The lowest BCUT2D eigenvalue weighted by molar-refractivity contribution is -0.0328. The fraction of sp³-hybridized carbons (Fsp3) is 0.417. The Morgan fingerprint density at radius 3 is 2.41 bits per heavy atom. The highest BCUT2D eigenvalue weighted by Crippen LogP contribution is 2.40. The number of carbonyl (C=O) groups excluding carboxylic acids is 1. The molecule has 0 aliphatic carbocycles. The highest BCUT2D eigenvalue weighted by Gasteiger charge is 2.32. The van der Waals surface area contributed by atoms with Gasteiger partial charge in [-0.2, -0.15) is 13.2 Å². The van der Waals surface area contributed by atoms with E-state index in [0.717, 1.165) is 0 Å². The van der Waals surface area contributed by atoms with Gasteiger partial charge < -0.3 is 0 Å². The lowest BCUT2D eigenvalue weighted by Crippen LogP contribution is -2.07. The van der Waals surface area contributed by atoms with Crippen LogP contribution in [-0.2, 0) is 6.42 Å². The summed E-state index contributed by atoms with van der Waals surface area (Å²) in [6.45, 7) is 3.42. The first-order valence-corrected chi connectivity index (χ1v) is 6.11. The number of Topliss-reactive ketones (excluding diaryl/α,β-unsaturated/α-hetero) is 1. The molecule has 94 valence electrons.